The van der Waals surface area contributed by atoms with Crippen LogP contribution in [0.2, 0.25) is 0 Å². The molecule has 0 radical (unpaired) electrons. The third-order valence-electron chi connectivity index (χ3n) is 17.0. The number of anilines is 3. The number of hydrogen-bond donors (Lipinski definition) is 0. The molecule has 2 aromatic heterocycles. The van der Waals surface area contributed by atoms with Crippen molar-refractivity contribution in [2.45, 2.75) is 183 Å². The van der Waals surface area contributed by atoms with Crippen molar-refractivity contribution < 1.29 is 4.42 Å². The Kier molecular flexibility index (Phi) is 11.3. The zero-order chi connectivity index (χ0) is 54.9. The van der Waals surface area contributed by atoms with Gasteiger partial charge in [0, 0.05) is 61.6 Å². The van der Waals surface area contributed by atoms with E-state index in [9.17, 15) is 0 Å². The lowest BCUT2D eigenvalue weighted by molar-refractivity contribution is 0.568. The maximum atomic E-state index is 7.05. The molecular weight excluding hydrogens is 920 g/mol. The van der Waals surface area contributed by atoms with Gasteiger partial charge in [-0.3, -0.25) is 0 Å². The first kappa shape index (κ1) is 51.8. The molecule has 11 rings (SSSR count). The van der Waals surface area contributed by atoms with Crippen LogP contribution in [0, 0.1) is 0 Å². The summed E-state index contributed by atoms with van der Waals surface area (Å²) >= 11 is 0. The molecule has 0 N–H and O–H groups in total. The molecule has 0 atom stereocenters. The van der Waals surface area contributed by atoms with Crippen molar-refractivity contribution in [3.63, 3.8) is 0 Å². The summed E-state index contributed by atoms with van der Waals surface area (Å²) in [6, 6.07) is 48.6. The van der Waals surface area contributed by atoms with Crippen LogP contribution in [0.4, 0.5) is 17.1 Å². The largest absolute Gasteiger partial charge is 0.456 e. The van der Waals surface area contributed by atoms with E-state index in [0.717, 1.165) is 27.6 Å². The van der Waals surface area contributed by atoms with Crippen LogP contribution in [0.3, 0.4) is 0 Å². The second-order valence-corrected chi connectivity index (χ2v) is 30.1. The van der Waals surface area contributed by atoms with Crippen molar-refractivity contribution in [3.8, 4) is 33.5 Å². The van der Waals surface area contributed by atoms with Gasteiger partial charge in [-0.25, -0.2) is 0 Å². The van der Waals surface area contributed by atoms with Crippen LogP contribution in [0.1, 0.15) is 184 Å². The second kappa shape index (κ2) is 16.6. The van der Waals surface area contributed by atoms with Gasteiger partial charge >= 0.3 is 6.85 Å². The molecule has 0 spiro atoms. The van der Waals surface area contributed by atoms with E-state index in [1.807, 2.05) is 0 Å². The Morgan fingerprint density at radius 2 is 0.803 bits per heavy atom. The lowest BCUT2D eigenvalue weighted by Crippen LogP contribution is -2.57. The van der Waals surface area contributed by atoms with Gasteiger partial charge in [0.1, 0.15) is 11.2 Å². The summed E-state index contributed by atoms with van der Waals surface area (Å²) < 4.78 is 9.85. The van der Waals surface area contributed by atoms with Gasteiger partial charge in [0.2, 0.25) is 0 Å². The van der Waals surface area contributed by atoms with Gasteiger partial charge in [-0.05, 0) is 147 Å². The molecular formula is C72H83BN2O. The number of aromatic nitrogens is 1. The topological polar surface area (TPSA) is 21.3 Å². The smallest absolute Gasteiger partial charge is 0.333 e. The predicted octanol–water partition coefficient (Wildman–Crippen LogP) is 19.4. The van der Waals surface area contributed by atoms with E-state index >= 15 is 0 Å². The molecule has 4 heterocycles. The molecule has 4 heteroatoms. The van der Waals surface area contributed by atoms with Gasteiger partial charge < -0.3 is 13.8 Å². The molecule has 2 aliphatic rings. The number of furan rings is 1. The number of nitrogens with zero attached hydrogens (tertiary/aromatic N) is 2. The van der Waals surface area contributed by atoms with Gasteiger partial charge in [0.15, 0.2) is 0 Å². The van der Waals surface area contributed by atoms with Crippen molar-refractivity contribution in [1.29, 1.82) is 0 Å². The summed E-state index contributed by atoms with van der Waals surface area (Å²) in [4.78, 5) is 2.64. The summed E-state index contributed by atoms with van der Waals surface area (Å²) in [5.41, 5.74) is 25.8. The first-order valence-electron chi connectivity index (χ1n) is 28.2. The molecule has 0 saturated carbocycles. The van der Waals surface area contributed by atoms with Crippen LogP contribution in [-0.4, -0.2) is 11.3 Å². The zero-order valence-corrected chi connectivity index (χ0v) is 49.9. The summed E-state index contributed by atoms with van der Waals surface area (Å²) in [6.45, 7) is 49.1. The average Bonchev–Trinajstić information content (AvgIpc) is 4.03. The molecule has 7 aromatic carbocycles. The van der Waals surface area contributed by atoms with Crippen molar-refractivity contribution in [2.24, 2.45) is 0 Å². The Morgan fingerprint density at radius 3 is 1.33 bits per heavy atom. The highest BCUT2D eigenvalue weighted by Gasteiger charge is 2.46. The quantitative estimate of drug-likeness (QED) is 0.165. The molecule has 0 bridgehead atoms. The van der Waals surface area contributed by atoms with Gasteiger partial charge in [-0.2, -0.15) is 0 Å². The molecule has 9 aromatic rings. The lowest BCUT2D eigenvalue weighted by Gasteiger charge is -2.42. The molecule has 2 aliphatic heterocycles. The Labute approximate surface area is 456 Å². The molecule has 3 nitrogen and oxygen atoms in total. The van der Waals surface area contributed by atoms with E-state index < -0.39 is 0 Å². The minimum absolute atomic E-state index is 0.00415. The van der Waals surface area contributed by atoms with Gasteiger partial charge in [-0.15, -0.1) is 0 Å². The van der Waals surface area contributed by atoms with E-state index in [-0.39, 0.29) is 44.8 Å². The number of rotatable bonds is 3. The van der Waals surface area contributed by atoms with Crippen LogP contribution in [-0.2, 0) is 37.9 Å². The van der Waals surface area contributed by atoms with Gasteiger partial charge in [-0.1, -0.05) is 218 Å². The number of hydrogen-bond acceptors (Lipinski definition) is 2. The summed E-state index contributed by atoms with van der Waals surface area (Å²) in [6.07, 6.45) is 0. The third kappa shape index (κ3) is 8.47. The molecule has 0 saturated heterocycles. The lowest BCUT2D eigenvalue weighted by atomic mass is 9.44. The number of benzene rings is 7. The first-order chi connectivity index (χ1) is 35.1. The fourth-order valence-electron chi connectivity index (χ4n) is 12.1. The van der Waals surface area contributed by atoms with E-state index in [1.165, 1.54) is 106 Å². The highest BCUT2D eigenvalue weighted by Crippen LogP contribution is 2.53. The van der Waals surface area contributed by atoms with E-state index in [2.05, 4.69) is 276 Å². The zero-order valence-electron chi connectivity index (χ0n) is 49.9. The van der Waals surface area contributed by atoms with Crippen molar-refractivity contribution in [1.82, 2.24) is 4.48 Å². The maximum Gasteiger partial charge on any atom is 0.333 e. The van der Waals surface area contributed by atoms with Crippen LogP contribution in [0.5, 0.6) is 0 Å². The minimum Gasteiger partial charge on any atom is -0.456 e. The fraction of sp³-hybridized carbons (Fsp3) is 0.389. The van der Waals surface area contributed by atoms with E-state index in [1.54, 1.807) is 0 Å². The molecule has 0 aliphatic carbocycles. The molecule has 0 amide bonds. The highest BCUT2D eigenvalue weighted by atomic mass is 16.3. The Hall–Kier alpha value is -6.26. The molecule has 76 heavy (non-hydrogen) atoms. The van der Waals surface area contributed by atoms with Gasteiger partial charge in [0.25, 0.3) is 0 Å². The Morgan fingerprint density at radius 1 is 0.355 bits per heavy atom. The highest BCUT2D eigenvalue weighted by molar-refractivity contribution is 6.90. The molecule has 0 fully saturated rings. The van der Waals surface area contributed by atoms with Crippen LogP contribution in [0.15, 0.2) is 126 Å². The standard InChI is InChI=1S/C72H83BN2O/c1-66(2,3)44-26-22-42(23-27-44)62-56-38-49(71(16,17)18)37-55-54-36-50(72(19,20)21)39-59-63(54)73(75(65(55)56)64(62)43-24-28-45(29-25-43)67(4,5)6)57-40-53-52-35-46(68(7,8)9)30-31-60(52)76-61(53)41-58(57)74(59)51-33-47(69(10,11)12)32-48(34-51)70(13,14)15/h22-41H,1-21H3. The van der Waals surface area contributed by atoms with Crippen molar-refractivity contribution >= 4 is 67.7 Å². The van der Waals surface area contributed by atoms with E-state index in [4.69, 9.17) is 4.42 Å². The Bertz CT molecular complexity index is 3790. The van der Waals surface area contributed by atoms with Gasteiger partial charge in [0.05, 0.1) is 0 Å². The predicted molar refractivity (Wildman–Crippen MR) is 332 cm³/mol. The summed E-state index contributed by atoms with van der Waals surface area (Å²) in [5.74, 6) is 0. The number of fused-ring (bicyclic) bond motifs is 7. The summed E-state index contributed by atoms with van der Waals surface area (Å²) in [5, 5.41) is 3.62. The fourth-order valence-corrected chi connectivity index (χ4v) is 12.1. The monoisotopic (exact) mass is 1000 g/mol. The SMILES string of the molecule is CC(C)(C)c1ccc(-c2c(-c3ccc(C(C)(C)C)cc3)n3c4c(cc(C(C)(C)C)cc24)-c2cc(C(C)(C)C)cc4c2B3c2cc3c(cc2N4c2cc(C(C)(C)C)cc(C(C)(C)C)c2)oc2ccc(C(C)(C)C)cc23)cc1. The van der Waals surface area contributed by atoms with Crippen molar-refractivity contribution in [2.75, 3.05) is 4.90 Å². The minimum atomic E-state index is -0.186. The maximum absolute atomic E-state index is 7.05. The normalized spacial score (nSPS) is 14.3. The van der Waals surface area contributed by atoms with Crippen LogP contribution >= 0.6 is 0 Å². The second-order valence-electron chi connectivity index (χ2n) is 30.1. The molecule has 390 valence electrons. The first-order valence-corrected chi connectivity index (χ1v) is 28.2. The average molecular weight is 1000 g/mol. The van der Waals surface area contributed by atoms with Crippen LogP contribution in [0.25, 0.3) is 66.4 Å². The third-order valence-corrected chi connectivity index (χ3v) is 17.0. The van der Waals surface area contributed by atoms with Crippen LogP contribution < -0.4 is 15.8 Å². The molecule has 0 unspecified atom stereocenters. The Balaban J connectivity index is 1.37. The summed E-state index contributed by atoms with van der Waals surface area (Å²) in [7, 11) is 0. The van der Waals surface area contributed by atoms with Crippen molar-refractivity contribution in [3.05, 3.63) is 160 Å². The van der Waals surface area contributed by atoms with E-state index in [0.29, 0.717) is 0 Å².